The van der Waals surface area contributed by atoms with Crippen molar-refractivity contribution in [3.05, 3.63) is 0 Å². The number of Topliss-reactive ketones (excluding diaryl/α,β-unsaturated/α-hetero) is 1. The fourth-order valence-electron chi connectivity index (χ4n) is 0.995. The van der Waals surface area contributed by atoms with Crippen molar-refractivity contribution in [3.8, 4) is 0 Å². The monoisotopic (exact) mass is 312 g/mol. The molecule has 0 aliphatic rings. The van der Waals surface area contributed by atoms with Crippen LogP contribution in [-0.2, 0) is 14.4 Å². The summed E-state index contributed by atoms with van der Waals surface area (Å²) in [5.74, 6) is -2.44. The number of nitrogens with two attached hydrogens (primary N) is 1. The number of hydrogen-bond donors (Lipinski definition) is 4. The SMILES string of the molecule is NC(CCC(=O)CNC(C[SeH])C(=O)O)C(=O)O. The summed E-state index contributed by atoms with van der Waals surface area (Å²) in [4.78, 5) is 32.3. The molecule has 0 amide bonds. The van der Waals surface area contributed by atoms with Gasteiger partial charge in [-0.25, -0.2) is 0 Å². The molecule has 17 heavy (non-hydrogen) atoms. The second-order valence-corrected chi connectivity index (χ2v) is 4.24. The standard InChI is InChI=1S/C9H16N2O5Se/c10-6(8(13)14)2-1-5(12)3-11-7(4-17)9(15)16/h6-7,11,17H,1-4,10H2,(H,13,14)(H,15,16). The van der Waals surface area contributed by atoms with E-state index in [1.54, 1.807) is 0 Å². The first-order chi connectivity index (χ1) is 7.88. The molecule has 0 radical (unpaired) electrons. The van der Waals surface area contributed by atoms with E-state index in [1.165, 1.54) is 0 Å². The summed E-state index contributed by atoms with van der Waals surface area (Å²) in [5, 5.41) is 20.1. The molecule has 0 saturated carbocycles. The van der Waals surface area contributed by atoms with E-state index in [0.717, 1.165) is 0 Å². The van der Waals surface area contributed by atoms with Gasteiger partial charge in [-0.15, -0.1) is 0 Å². The molecule has 0 heterocycles. The van der Waals surface area contributed by atoms with Gasteiger partial charge in [0.15, 0.2) is 0 Å². The second kappa shape index (κ2) is 8.19. The number of aliphatic carboxylic acids is 2. The number of hydrogen-bond acceptors (Lipinski definition) is 5. The normalized spacial score (nSPS) is 14.0. The van der Waals surface area contributed by atoms with Crippen molar-refractivity contribution < 1.29 is 24.6 Å². The van der Waals surface area contributed by atoms with E-state index in [1.807, 2.05) is 0 Å². The van der Waals surface area contributed by atoms with Gasteiger partial charge in [-0.05, 0) is 0 Å². The van der Waals surface area contributed by atoms with Crippen molar-refractivity contribution >= 4 is 33.7 Å². The van der Waals surface area contributed by atoms with Crippen molar-refractivity contribution in [1.82, 2.24) is 5.32 Å². The van der Waals surface area contributed by atoms with E-state index in [4.69, 9.17) is 15.9 Å². The minimum atomic E-state index is -1.15. The zero-order valence-electron chi connectivity index (χ0n) is 9.13. The van der Waals surface area contributed by atoms with Crippen LogP contribution in [0.1, 0.15) is 12.8 Å². The first kappa shape index (κ1) is 16.0. The van der Waals surface area contributed by atoms with E-state index < -0.39 is 24.0 Å². The predicted molar refractivity (Wildman–Crippen MR) is 61.2 cm³/mol. The molecule has 5 N–H and O–H groups in total. The van der Waals surface area contributed by atoms with Gasteiger partial charge < -0.3 is 0 Å². The van der Waals surface area contributed by atoms with Gasteiger partial charge in [0.1, 0.15) is 0 Å². The first-order valence-electron chi connectivity index (χ1n) is 4.95. The fraction of sp³-hybridized carbons (Fsp3) is 0.667. The third-order valence-electron chi connectivity index (χ3n) is 2.08. The quantitative estimate of drug-likeness (QED) is 0.366. The van der Waals surface area contributed by atoms with Gasteiger partial charge in [0.25, 0.3) is 0 Å². The minimum absolute atomic E-state index is 0.0192. The number of carbonyl (C=O) groups excluding carboxylic acids is 1. The van der Waals surface area contributed by atoms with E-state index in [9.17, 15) is 14.4 Å². The summed E-state index contributed by atoms with van der Waals surface area (Å²) in [6.07, 6.45) is 0.0706. The number of carbonyl (C=O) groups is 3. The average Bonchev–Trinajstić information content (AvgIpc) is 2.25. The predicted octanol–water partition coefficient (Wildman–Crippen LogP) is -1.89. The maximum absolute atomic E-state index is 11.3. The maximum atomic E-state index is 11.3. The molecular weight excluding hydrogens is 295 g/mol. The molecule has 0 aromatic carbocycles. The molecule has 7 nitrogen and oxygen atoms in total. The van der Waals surface area contributed by atoms with Crippen LogP contribution in [0.3, 0.4) is 0 Å². The molecule has 8 heteroatoms. The van der Waals surface area contributed by atoms with Gasteiger partial charge in [-0.3, -0.25) is 0 Å². The van der Waals surface area contributed by atoms with Crippen LogP contribution in [0.4, 0.5) is 0 Å². The molecule has 0 bridgehead atoms. The van der Waals surface area contributed by atoms with Gasteiger partial charge in [-0.1, -0.05) is 0 Å². The van der Waals surface area contributed by atoms with Crippen molar-refractivity contribution in [1.29, 1.82) is 0 Å². The Bertz CT molecular complexity index is 297. The van der Waals surface area contributed by atoms with Gasteiger partial charge in [0.05, 0.1) is 0 Å². The van der Waals surface area contributed by atoms with Gasteiger partial charge in [0.2, 0.25) is 0 Å². The first-order valence-corrected chi connectivity index (χ1v) is 6.28. The van der Waals surface area contributed by atoms with Crippen LogP contribution in [0, 0.1) is 0 Å². The molecule has 0 aromatic rings. The van der Waals surface area contributed by atoms with Crippen LogP contribution in [0.25, 0.3) is 0 Å². The summed E-state index contributed by atoms with van der Waals surface area (Å²) in [6.45, 7) is -0.0962. The molecule has 98 valence electrons. The average molecular weight is 311 g/mol. The topological polar surface area (TPSA) is 130 Å². The van der Waals surface area contributed by atoms with Crippen molar-refractivity contribution in [3.63, 3.8) is 0 Å². The summed E-state index contributed by atoms with van der Waals surface area (Å²) < 4.78 is 0. The van der Waals surface area contributed by atoms with E-state index in [-0.39, 0.29) is 25.2 Å². The molecule has 0 fully saturated rings. The molecule has 2 unspecified atom stereocenters. The van der Waals surface area contributed by atoms with Crippen molar-refractivity contribution in [2.75, 3.05) is 6.54 Å². The Morgan fingerprint density at radius 1 is 1.24 bits per heavy atom. The van der Waals surface area contributed by atoms with Crippen LogP contribution in [0.5, 0.6) is 0 Å². The second-order valence-electron chi connectivity index (χ2n) is 3.48. The van der Waals surface area contributed by atoms with Crippen LogP contribution in [0.15, 0.2) is 0 Å². The van der Waals surface area contributed by atoms with Gasteiger partial charge in [0, 0.05) is 0 Å². The Balaban J connectivity index is 3.87. The number of rotatable bonds is 9. The zero-order chi connectivity index (χ0) is 13.4. The summed E-state index contributed by atoms with van der Waals surface area (Å²) in [7, 11) is 0. The van der Waals surface area contributed by atoms with Gasteiger partial charge >= 0.3 is 106 Å². The van der Waals surface area contributed by atoms with Crippen molar-refractivity contribution in [2.45, 2.75) is 30.2 Å². The van der Waals surface area contributed by atoms with Crippen LogP contribution < -0.4 is 11.1 Å². The molecule has 0 saturated heterocycles. The molecule has 0 rings (SSSR count). The summed E-state index contributed by atoms with van der Waals surface area (Å²) in [5.41, 5.74) is 5.23. The Kier molecular flexibility index (Phi) is 7.73. The Morgan fingerprint density at radius 3 is 2.24 bits per heavy atom. The molecular formula is C9H16N2O5Se. The van der Waals surface area contributed by atoms with E-state index >= 15 is 0 Å². The van der Waals surface area contributed by atoms with E-state index in [0.29, 0.717) is 5.32 Å². The Morgan fingerprint density at radius 2 is 1.82 bits per heavy atom. The van der Waals surface area contributed by atoms with Crippen LogP contribution in [-0.4, -0.2) is 62.6 Å². The number of carboxylic acid groups (broad SMARTS) is 2. The summed E-state index contributed by atoms with van der Waals surface area (Å²) >= 11 is 2.13. The van der Waals surface area contributed by atoms with Crippen LogP contribution in [0.2, 0.25) is 5.32 Å². The third-order valence-corrected chi connectivity index (χ3v) is 2.84. The van der Waals surface area contributed by atoms with E-state index in [2.05, 4.69) is 21.3 Å². The van der Waals surface area contributed by atoms with Gasteiger partial charge in [-0.2, -0.15) is 0 Å². The fourth-order valence-corrected chi connectivity index (χ4v) is 1.59. The van der Waals surface area contributed by atoms with Crippen LogP contribution >= 0.6 is 0 Å². The number of ketones is 1. The molecule has 0 aromatic heterocycles. The molecule has 0 aliphatic heterocycles. The van der Waals surface area contributed by atoms with Crippen molar-refractivity contribution in [2.24, 2.45) is 5.73 Å². The molecule has 0 spiro atoms. The number of carboxylic acids is 2. The molecule has 2 atom stereocenters. The zero-order valence-corrected chi connectivity index (χ0v) is 11.0. The third kappa shape index (κ3) is 7.06. The molecule has 0 aliphatic carbocycles. The Hall–Kier alpha value is -0.951. The summed E-state index contributed by atoms with van der Waals surface area (Å²) in [6, 6.07) is -1.84. The number of nitrogens with one attached hydrogen (secondary N) is 1. The Labute approximate surface area is 107 Å².